The van der Waals surface area contributed by atoms with Crippen molar-refractivity contribution in [2.75, 3.05) is 6.61 Å². The summed E-state index contributed by atoms with van der Waals surface area (Å²) >= 11 is 0. The summed E-state index contributed by atoms with van der Waals surface area (Å²) in [5.41, 5.74) is 0. The van der Waals surface area contributed by atoms with E-state index >= 15 is 0 Å². The van der Waals surface area contributed by atoms with Crippen molar-refractivity contribution in [2.45, 2.75) is 0 Å². The molecule has 0 fully saturated rings. The predicted octanol–water partition coefficient (Wildman–Crippen LogP) is -1.07. The largest absolute Gasteiger partial charge is 0.423 e. The molecule has 0 rings (SSSR count). The van der Waals surface area contributed by atoms with E-state index < -0.39 is 0 Å². The van der Waals surface area contributed by atoms with Crippen molar-refractivity contribution in [3.63, 3.8) is 0 Å². The molecule has 0 saturated heterocycles. The molecule has 1 N–H and O–H groups in total. The zero-order valence-corrected chi connectivity index (χ0v) is 5.19. The van der Waals surface area contributed by atoms with Crippen LogP contribution in [0.5, 0.6) is 0 Å². The fourth-order valence-electron chi connectivity index (χ4n) is 0.0833. The molecule has 0 aliphatic heterocycles. The van der Waals surface area contributed by atoms with E-state index in [1.165, 1.54) is 6.21 Å². The minimum Gasteiger partial charge on any atom is -0.423 e. The van der Waals surface area contributed by atoms with Gasteiger partial charge < -0.3 is 9.84 Å². The Morgan fingerprint density at radius 1 is 2.00 bits per heavy atom. The van der Waals surface area contributed by atoms with Gasteiger partial charge in [0.1, 0.15) is 10.5 Å². The molecule has 0 aliphatic rings. The average molecular weight is 89.2 g/mol. The Bertz CT molecular complexity index is 30.8. The lowest BCUT2D eigenvalue weighted by Crippen LogP contribution is -1.86. The van der Waals surface area contributed by atoms with E-state index in [9.17, 15) is 0 Å². The van der Waals surface area contributed by atoms with Gasteiger partial charge in [0.05, 0.1) is 6.61 Å². The van der Waals surface area contributed by atoms with Gasteiger partial charge in [-0.25, -0.2) is 0 Å². The molecule has 0 aromatic heterocycles. The highest BCUT2D eigenvalue weighted by Gasteiger charge is 1.59. The van der Waals surface area contributed by atoms with Crippen molar-refractivity contribution in [1.82, 2.24) is 0 Å². The third kappa shape index (κ3) is 3.85. The summed E-state index contributed by atoms with van der Waals surface area (Å²) in [4.78, 5) is 0. The molecule has 5 heavy (non-hydrogen) atoms. The van der Waals surface area contributed by atoms with Crippen molar-refractivity contribution in [2.24, 2.45) is 0 Å². The Kier molecular flexibility index (Phi) is 3.73. The molecular formula is C2H7NOSi. The fraction of sp³-hybridized carbons (Fsp3) is 0.500. The number of nitrogens with one attached hydrogen (secondary N) is 1. The quantitative estimate of drug-likeness (QED) is 0.339. The zero-order valence-electron chi connectivity index (χ0n) is 3.19. The van der Waals surface area contributed by atoms with Gasteiger partial charge in [-0.1, -0.05) is 0 Å². The Balaban J connectivity index is 2.40. The second kappa shape index (κ2) is 3.85. The molecule has 0 aromatic carbocycles. The van der Waals surface area contributed by atoms with Crippen molar-refractivity contribution >= 4 is 16.7 Å². The van der Waals surface area contributed by atoms with Crippen LogP contribution in [0.4, 0.5) is 0 Å². The standard InChI is InChI=1S/C2H7NOSi/c3-1-2-4-5/h1,3H,2H2,5H3. The molecular weight excluding hydrogens is 82.1 g/mol. The molecule has 0 atom stereocenters. The summed E-state index contributed by atoms with van der Waals surface area (Å²) in [7, 11) is 0.747. The first kappa shape index (κ1) is 4.85. The van der Waals surface area contributed by atoms with E-state index in [4.69, 9.17) is 5.41 Å². The lowest BCUT2D eigenvalue weighted by atomic mass is 10.8. The van der Waals surface area contributed by atoms with Crippen LogP contribution in [0.25, 0.3) is 0 Å². The first-order chi connectivity index (χ1) is 2.41. The summed E-state index contributed by atoms with van der Waals surface area (Å²) in [6.45, 7) is 0.492. The topological polar surface area (TPSA) is 33.1 Å². The van der Waals surface area contributed by atoms with Crippen LogP contribution in [0.3, 0.4) is 0 Å². The van der Waals surface area contributed by atoms with E-state index in [0.29, 0.717) is 6.61 Å². The van der Waals surface area contributed by atoms with Gasteiger partial charge in [0.25, 0.3) is 0 Å². The zero-order chi connectivity index (χ0) is 4.12. The third-order valence-electron chi connectivity index (χ3n) is 0.250. The monoisotopic (exact) mass is 89.0 g/mol. The molecule has 0 heterocycles. The smallest absolute Gasteiger partial charge is 0.146 e. The summed E-state index contributed by atoms with van der Waals surface area (Å²) in [6.07, 6.45) is 1.24. The van der Waals surface area contributed by atoms with E-state index in [1.54, 1.807) is 0 Å². The number of hydrogen-bond donors (Lipinski definition) is 1. The van der Waals surface area contributed by atoms with E-state index in [1.807, 2.05) is 0 Å². The van der Waals surface area contributed by atoms with Crippen LogP contribution >= 0.6 is 0 Å². The maximum Gasteiger partial charge on any atom is 0.146 e. The highest BCUT2D eigenvalue weighted by molar-refractivity contribution is 5.98. The number of rotatable bonds is 2. The van der Waals surface area contributed by atoms with Crippen molar-refractivity contribution in [1.29, 1.82) is 5.41 Å². The van der Waals surface area contributed by atoms with Crippen LogP contribution in [-0.4, -0.2) is 23.3 Å². The van der Waals surface area contributed by atoms with Gasteiger partial charge in [-0.3, -0.25) is 0 Å². The SMILES string of the molecule is N=CCO[SiH3]. The van der Waals surface area contributed by atoms with Crippen molar-refractivity contribution in [3.8, 4) is 0 Å². The summed E-state index contributed by atoms with van der Waals surface area (Å²) in [6, 6.07) is 0. The van der Waals surface area contributed by atoms with Gasteiger partial charge >= 0.3 is 0 Å². The lowest BCUT2D eigenvalue weighted by Gasteiger charge is -1.79. The summed E-state index contributed by atoms with van der Waals surface area (Å²) in [5.74, 6) is 0. The van der Waals surface area contributed by atoms with Crippen LogP contribution < -0.4 is 0 Å². The first-order valence-electron chi connectivity index (χ1n) is 1.39. The Morgan fingerprint density at radius 2 is 2.60 bits per heavy atom. The molecule has 2 nitrogen and oxygen atoms in total. The van der Waals surface area contributed by atoms with Crippen LogP contribution in [0.2, 0.25) is 0 Å². The summed E-state index contributed by atoms with van der Waals surface area (Å²) < 4.78 is 4.59. The van der Waals surface area contributed by atoms with Gasteiger partial charge in [0, 0.05) is 6.21 Å². The normalized spacial score (nSPS) is 8.00. The highest BCUT2D eigenvalue weighted by atomic mass is 28.2. The molecule has 0 amide bonds. The lowest BCUT2D eigenvalue weighted by molar-refractivity contribution is 0.421. The highest BCUT2D eigenvalue weighted by Crippen LogP contribution is 1.49. The molecule has 0 aliphatic carbocycles. The Morgan fingerprint density at radius 3 is 2.60 bits per heavy atom. The minimum atomic E-state index is 0.492. The maximum absolute atomic E-state index is 6.37. The van der Waals surface area contributed by atoms with Crippen molar-refractivity contribution in [3.05, 3.63) is 0 Å². The Hall–Kier alpha value is -0.153. The van der Waals surface area contributed by atoms with Crippen LogP contribution in [0.15, 0.2) is 0 Å². The molecule has 3 heteroatoms. The van der Waals surface area contributed by atoms with Gasteiger partial charge in [-0.15, -0.1) is 0 Å². The van der Waals surface area contributed by atoms with E-state index in [-0.39, 0.29) is 0 Å². The molecule has 0 spiro atoms. The first-order valence-corrected chi connectivity index (χ1v) is 2.21. The van der Waals surface area contributed by atoms with Crippen LogP contribution in [-0.2, 0) is 4.43 Å². The Labute approximate surface area is 34.2 Å². The molecule has 0 radical (unpaired) electrons. The second-order valence-electron chi connectivity index (χ2n) is 0.659. The molecule has 0 unspecified atom stereocenters. The molecule has 0 bridgehead atoms. The minimum absolute atomic E-state index is 0.492. The fourth-order valence-corrected chi connectivity index (χ4v) is 0.250. The van der Waals surface area contributed by atoms with E-state index in [2.05, 4.69) is 4.43 Å². The molecule has 0 saturated carbocycles. The van der Waals surface area contributed by atoms with Gasteiger partial charge in [-0.05, 0) is 0 Å². The van der Waals surface area contributed by atoms with Crippen LogP contribution in [0.1, 0.15) is 0 Å². The van der Waals surface area contributed by atoms with E-state index in [0.717, 1.165) is 10.5 Å². The molecule has 0 aromatic rings. The predicted molar refractivity (Wildman–Crippen MR) is 24.7 cm³/mol. The summed E-state index contributed by atoms with van der Waals surface area (Å²) in [5, 5.41) is 6.37. The van der Waals surface area contributed by atoms with Gasteiger partial charge in [0.15, 0.2) is 0 Å². The molecule has 30 valence electrons. The third-order valence-corrected chi connectivity index (χ3v) is 0.583. The maximum atomic E-state index is 6.37. The second-order valence-corrected chi connectivity index (χ2v) is 1.24. The van der Waals surface area contributed by atoms with Gasteiger partial charge in [0.2, 0.25) is 0 Å². The van der Waals surface area contributed by atoms with Gasteiger partial charge in [-0.2, -0.15) is 0 Å². The van der Waals surface area contributed by atoms with Crippen LogP contribution in [0, 0.1) is 5.41 Å². The number of hydrogen-bond acceptors (Lipinski definition) is 2. The average Bonchev–Trinajstić information content (AvgIpc) is 1.41. The van der Waals surface area contributed by atoms with Crippen molar-refractivity contribution < 1.29 is 4.43 Å².